The standard InChI is InChI=1S/C25H28ClF3N4S.C2H6/c26-21-15-20(9-10-22(21)27)33(34-14-4-13-32-11-2-1-3-12-32)17-18-5-7-19(8-6-18)23-16-24(25(28)29)31-30-23;1-2/h5-10,15,25H,1-4,11-14,16-17H2;1-2H3. The van der Waals surface area contributed by atoms with Crippen LogP contribution in [0.15, 0.2) is 52.7 Å². The van der Waals surface area contributed by atoms with E-state index < -0.39 is 12.2 Å². The number of hydrogen-bond donors (Lipinski definition) is 0. The summed E-state index contributed by atoms with van der Waals surface area (Å²) in [6.45, 7) is 8.05. The summed E-state index contributed by atoms with van der Waals surface area (Å²) in [6.07, 6.45) is 2.46. The average molecular weight is 539 g/mol. The van der Waals surface area contributed by atoms with Gasteiger partial charge in [0.25, 0.3) is 6.43 Å². The lowest BCUT2D eigenvalue weighted by Gasteiger charge is -2.27. The predicted molar refractivity (Wildman–Crippen MR) is 147 cm³/mol. The number of nitrogens with zero attached hydrogens (tertiary/aromatic N) is 4. The summed E-state index contributed by atoms with van der Waals surface area (Å²) in [5.74, 6) is 0.501. The molecule has 0 bridgehead atoms. The topological polar surface area (TPSA) is 31.2 Å². The molecule has 0 N–H and O–H groups in total. The van der Waals surface area contributed by atoms with Crippen LogP contribution in [0.1, 0.15) is 57.1 Å². The number of anilines is 1. The lowest BCUT2D eigenvalue weighted by atomic mass is 10.0. The Morgan fingerprint density at radius 2 is 1.75 bits per heavy atom. The largest absolute Gasteiger partial charge is 0.312 e. The molecule has 2 aliphatic heterocycles. The fourth-order valence-electron chi connectivity index (χ4n) is 4.11. The number of halogens is 4. The highest BCUT2D eigenvalue weighted by Crippen LogP contribution is 2.30. The van der Waals surface area contributed by atoms with Gasteiger partial charge in [0.05, 0.1) is 17.3 Å². The number of rotatable bonds is 10. The van der Waals surface area contributed by atoms with E-state index in [1.807, 2.05) is 38.1 Å². The molecule has 2 aliphatic rings. The summed E-state index contributed by atoms with van der Waals surface area (Å²) in [5, 5.41) is 7.60. The van der Waals surface area contributed by atoms with Crippen LogP contribution in [-0.2, 0) is 6.54 Å². The zero-order chi connectivity index (χ0) is 25.9. The maximum Gasteiger partial charge on any atom is 0.278 e. The van der Waals surface area contributed by atoms with E-state index in [1.165, 1.54) is 38.4 Å². The monoisotopic (exact) mass is 538 g/mol. The van der Waals surface area contributed by atoms with Gasteiger partial charge in [-0.1, -0.05) is 56.1 Å². The molecule has 2 aromatic rings. The molecule has 196 valence electrons. The quantitative estimate of drug-likeness (QED) is 0.228. The van der Waals surface area contributed by atoms with Crippen molar-refractivity contribution in [3.05, 3.63) is 64.4 Å². The maximum absolute atomic E-state index is 13.7. The molecule has 36 heavy (non-hydrogen) atoms. The normalized spacial score (nSPS) is 15.9. The number of benzene rings is 2. The van der Waals surface area contributed by atoms with E-state index in [4.69, 9.17) is 11.6 Å². The van der Waals surface area contributed by atoms with Crippen molar-refractivity contribution in [2.75, 3.05) is 29.7 Å². The second-order valence-electron chi connectivity index (χ2n) is 8.54. The van der Waals surface area contributed by atoms with Gasteiger partial charge in [-0.25, -0.2) is 13.2 Å². The fourth-order valence-corrected chi connectivity index (χ4v) is 5.27. The van der Waals surface area contributed by atoms with Crippen molar-refractivity contribution in [2.24, 2.45) is 10.2 Å². The third kappa shape index (κ3) is 8.25. The van der Waals surface area contributed by atoms with Crippen molar-refractivity contribution < 1.29 is 13.2 Å². The molecule has 1 saturated heterocycles. The fraction of sp³-hybridized carbons (Fsp3) is 0.481. The zero-order valence-corrected chi connectivity index (χ0v) is 22.5. The van der Waals surface area contributed by atoms with Crippen LogP contribution in [0.2, 0.25) is 5.02 Å². The van der Waals surface area contributed by atoms with E-state index in [9.17, 15) is 13.2 Å². The minimum Gasteiger partial charge on any atom is -0.312 e. The molecule has 0 radical (unpaired) electrons. The Kier molecular flexibility index (Phi) is 11.6. The Morgan fingerprint density at radius 1 is 1.03 bits per heavy atom. The van der Waals surface area contributed by atoms with Gasteiger partial charge in [-0.15, -0.1) is 0 Å². The van der Waals surface area contributed by atoms with Crippen LogP contribution in [0.25, 0.3) is 0 Å². The molecule has 0 saturated carbocycles. The van der Waals surface area contributed by atoms with Crippen molar-refractivity contribution in [1.82, 2.24) is 4.90 Å². The summed E-state index contributed by atoms with van der Waals surface area (Å²) < 4.78 is 41.5. The number of piperidine rings is 1. The second-order valence-corrected chi connectivity index (χ2v) is 10.1. The molecular weight excluding hydrogens is 505 g/mol. The Labute approximate surface area is 221 Å². The SMILES string of the molecule is CC.Fc1ccc(N(Cc2ccc(C3=NN=C(C(F)F)C3)cc2)SCCCN2CCCCC2)cc1Cl. The van der Waals surface area contributed by atoms with E-state index in [1.54, 1.807) is 24.1 Å². The van der Waals surface area contributed by atoms with Crippen LogP contribution < -0.4 is 4.31 Å². The lowest BCUT2D eigenvalue weighted by Crippen LogP contribution is -2.31. The third-order valence-corrected chi connectivity index (χ3v) is 7.43. The van der Waals surface area contributed by atoms with Crippen LogP contribution in [0, 0.1) is 5.82 Å². The van der Waals surface area contributed by atoms with Gasteiger partial charge >= 0.3 is 0 Å². The van der Waals surface area contributed by atoms with E-state index in [-0.39, 0.29) is 17.2 Å². The van der Waals surface area contributed by atoms with Crippen LogP contribution in [-0.4, -0.2) is 48.1 Å². The molecule has 0 aromatic heterocycles. The molecule has 0 amide bonds. The van der Waals surface area contributed by atoms with Crippen molar-refractivity contribution in [1.29, 1.82) is 0 Å². The van der Waals surface area contributed by atoms with Crippen LogP contribution in [0.4, 0.5) is 18.9 Å². The van der Waals surface area contributed by atoms with Gasteiger partial charge in [-0.2, -0.15) is 10.2 Å². The van der Waals surface area contributed by atoms with Gasteiger partial charge in [-0.05, 0) is 80.2 Å². The molecule has 0 unspecified atom stereocenters. The highest BCUT2D eigenvalue weighted by atomic mass is 35.5. The molecular formula is C27H34ClF3N4S. The van der Waals surface area contributed by atoms with Gasteiger partial charge < -0.3 is 9.21 Å². The van der Waals surface area contributed by atoms with Gasteiger partial charge in [-0.3, -0.25) is 0 Å². The van der Waals surface area contributed by atoms with Gasteiger partial charge in [0.1, 0.15) is 11.5 Å². The molecule has 9 heteroatoms. The van der Waals surface area contributed by atoms with Gasteiger partial charge in [0.2, 0.25) is 0 Å². The van der Waals surface area contributed by atoms with Gasteiger partial charge in [0.15, 0.2) is 0 Å². The van der Waals surface area contributed by atoms with Crippen LogP contribution in [0.5, 0.6) is 0 Å². The van der Waals surface area contributed by atoms with E-state index in [0.29, 0.717) is 12.3 Å². The highest BCUT2D eigenvalue weighted by molar-refractivity contribution is 8.00. The minimum atomic E-state index is -2.58. The smallest absolute Gasteiger partial charge is 0.278 e. The first-order valence-corrected chi connectivity index (χ1v) is 13.9. The molecule has 0 aliphatic carbocycles. The number of alkyl halides is 2. The van der Waals surface area contributed by atoms with E-state index >= 15 is 0 Å². The molecule has 2 heterocycles. The van der Waals surface area contributed by atoms with Crippen molar-refractivity contribution in [3.8, 4) is 0 Å². The predicted octanol–water partition coefficient (Wildman–Crippen LogP) is 7.85. The molecule has 4 nitrogen and oxygen atoms in total. The van der Waals surface area contributed by atoms with Gasteiger partial charge in [0, 0.05) is 17.9 Å². The summed E-state index contributed by atoms with van der Waals surface area (Å²) in [7, 11) is 0. The van der Waals surface area contributed by atoms with Crippen molar-refractivity contribution in [3.63, 3.8) is 0 Å². The first kappa shape index (κ1) is 28.5. The van der Waals surface area contributed by atoms with Crippen molar-refractivity contribution in [2.45, 2.75) is 58.9 Å². The van der Waals surface area contributed by atoms with Crippen LogP contribution >= 0.6 is 23.5 Å². The molecule has 2 aromatic carbocycles. The maximum atomic E-state index is 13.7. The number of likely N-dealkylation sites (tertiary alicyclic amines) is 1. The lowest BCUT2D eigenvalue weighted by molar-refractivity contribution is 0.224. The Hall–Kier alpha value is -2.03. The molecule has 4 rings (SSSR count). The Morgan fingerprint density at radius 3 is 2.39 bits per heavy atom. The average Bonchev–Trinajstić information content (AvgIpc) is 3.41. The minimum absolute atomic E-state index is 0.0735. The zero-order valence-electron chi connectivity index (χ0n) is 20.9. The molecule has 0 spiro atoms. The third-order valence-electron chi connectivity index (χ3n) is 6.02. The Balaban J connectivity index is 0.00000176. The molecule has 1 fully saturated rings. The Bertz CT molecular complexity index is 1020. The van der Waals surface area contributed by atoms with Crippen molar-refractivity contribution >= 4 is 40.7 Å². The summed E-state index contributed by atoms with van der Waals surface area (Å²) in [5.41, 5.74) is 3.03. The highest BCUT2D eigenvalue weighted by Gasteiger charge is 2.22. The second kappa shape index (κ2) is 14.6. The summed E-state index contributed by atoms with van der Waals surface area (Å²) in [6, 6.07) is 12.5. The summed E-state index contributed by atoms with van der Waals surface area (Å²) in [4.78, 5) is 2.52. The van der Waals surface area contributed by atoms with Crippen LogP contribution in [0.3, 0.4) is 0 Å². The molecule has 0 atom stereocenters. The van der Waals surface area contributed by atoms with E-state index in [0.717, 1.165) is 35.5 Å². The summed E-state index contributed by atoms with van der Waals surface area (Å²) >= 11 is 7.76. The van der Waals surface area contributed by atoms with E-state index in [2.05, 4.69) is 19.4 Å². The number of hydrogen-bond acceptors (Lipinski definition) is 5. The first-order chi connectivity index (χ1) is 17.5. The first-order valence-electron chi connectivity index (χ1n) is 12.6.